The normalized spacial score (nSPS) is 10.8. The lowest BCUT2D eigenvalue weighted by Gasteiger charge is -2.02. The van der Waals surface area contributed by atoms with Crippen molar-refractivity contribution in [1.82, 2.24) is 14.8 Å². The Morgan fingerprint density at radius 3 is 2.71 bits per heavy atom. The van der Waals surface area contributed by atoms with Crippen LogP contribution in [0.3, 0.4) is 0 Å². The zero-order chi connectivity index (χ0) is 14.8. The van der Waals surface area contributed by atoms with Crippen LogP contribution in [0.15, 0.2) is 52.0 Å². The van der Waals surface area contributed by atoms with Gasteiger partial charge in [-0.3, -0.25) is 4.79 Å². The summed E-state index contributed by atoms with van der Waals surface area (Å²) in [4.78, 5) is 16.2. The van der Waals surface area contributed by atoms with Crippen LogP contribution in [-0.2, 0) is 6.54 Å². The lowest BCUT2D eigenvalue weighted by molar-refractivity contribution is 0.567. The predicted molar refractivity (Wildman–Crippen MR) is 79.6 cm³/mol. The van der Waals surface area contributed by atoms with Crippen LogP contribution < -0.4 is 5.56 Å². The topological polar surface area (TPSA) is 60.9 Å². The summed E-state index contributed by atoms with van der Waals surface area (Å²) in [6.45, 7) is 0.159. The quantitative estimate of drug-likeness (QED) is 0.742. The molecular formula is C14H9Cl2N3O2. The summed E-state index contributed by atoms with van der Waals surface area (Å²) in [7, 11) is 0. The monoisotopic (exact) mass is 321 g/mol. The predicted octanol–water partition coefficient (Wildman–Crippen LogP) is 3.25. The molecule has 3 aromatic rings. The van der Waals surface area contributed by atoms with E-state index in [4.69, 9.17) is 27.6 Å². The van der Waals surface area contributed by atoms with Crippen LogP contribution in [0.5, 0.6) is 0 Å². The van der Waals surface area contributed by atoms with E-state index in [1.807, 2.05) is 30.3 Å². The summed E-state index contributed by atoms with van der Waals surface area (Å²) in [6, 6.07) is 9.47. The Kier molecular flexibility index (Phi) is 3.77. The zero-order valence-corrected chi connectivity index (χ0v) is 12.2. The Morgan fingerprint density at radius 2 is 1.95 bits per heavy atom. The van der Waals surface area contributed by atoms with Crippen molar-refractivity contribution in [3.05, 3.63) is 68.9 Å². The highest BCUT2D eigenvalue weighted by Crippen LogP contribution is 2.18. The van der Waals surface area contributed by atoms with Crippen LogP contribution in [0.25, 0.3) is 11.5 Å². The molecule has 5 nitrogen and oxygen atoms in total. The maximum atomic E-state index is 11.9. The third-order valence-electron chi connectivity index (χ3n) is 2.83. The molecule has 2 aromatic heterocycles. The maximum absolute atomic E-state index is 11.9. The van der Waals surface area contributed by atoms with Gasteiger partial charge in [-0.15, -0.1) is 0 Å². The fraction of sp³-hybridized carbons (Fsp3) is 0.0714. The average Bonchev–Trinajstić information content (AvgIpc) is 2.97. The molecule has 2 heterocycles. The van der Waals surface area contributed by atoms with E-state index in [1.54, 1.807) is 0 Å². The average molecular weight is 322 g/mol. The zero-order valence-electron chi connectivity index (χ0n) is 10.7. The van der Waals surface area contributed by atoms with Crippen molar-refractivity contribution >= 4 is 23.2 Å². The number of hydrogen-bond acceptors (Lipinski definition) is 4. The van der Waals surface area contributed by atoms with Crippen molar-refractivity contribution < 1.29 is 4.42 Å². The van der Waals surface area contributed by atoms with E-state index >= 15 is 0 Å². The molecule has 21 heavy (non-hydrogen) atoms. The van der Waals surface area contributed by atoms with Crippen molar-refractivity contribution in [3.63, 3.8) is 0 Å². The number of oxazole rings is 1. The fourth-order valence-corrected chi connectivity index (χ4v) is 2.07. The first-order valence-electron chi connectivity index (χ1n) is 6.06. The van der Waals surface area contributed by atoms with Crippen LogP contribution in [0.4, 0.5) is 0 Å². The molecule has 0 aliphatic carbocycles. The van der Waals surface area contributed by atoms with Gasteiger partial charge in [-0.05, 0) is 12.1 Å². The molecule has 0 saturated heterocycles. The van der Waals surface area contributed by atoms with Crippen LogP contribution in [-0.4, -0.2) is 14.8 Å². The fourth-order valence-electron chi connectivity index (χ4n) is 1.80. The first kappa shape index (κ1) is 13.9. The minimum Gasteiger partial charge on any atom is -0.444 e. The van der Waals surface area contributed by atoms with E-state index in [2.05, 4.69) is 10.1 Å². The number of nitrogens with zero attached hydrogens (tertiary/aromatic N) is 3. The number of halogens is 2. The largest absolute Gasteiger partial charge is 0.444 e. The van der Waals surface area contributed by atoms with Crippen molar-refractivity contribution in [2.45, 2.75) is 6.54 Å². The van der Waals surface area contributed by atoms with Gasteiger partial charge in [-0.1, -0.05) is 41.4 Å². The highest BCUT2D eigenvalue weighted by Gasteiger charge is 2.11. The minimum absolute atomic E-state index is 0.0570. The number of rotatable bonds is 3. The van der Waals surface area contributed by atoms with Crippen LogP contribution >= 0.6 is 23.2 Å². The number of aromatic nitrogens is 3. The van der Waals surface area contributed by atoms with Gasteiger partial charge in [-0.2, -0.15) is 5.10 Å². The minimum atomic E-state index is -0.464. The van der Waals surface area contributed by atoms with Gasteiger partial charge >= 0.3 is 0 Å². The smallest absolute Gasteiger partial charge is 0.287 e. The van der Waals surface area contributed by atoms with E-state index in [1.165, 1.54) is 17.1 Å². The second-order valence-corrected chi connectivity index (χ2v) is 5.06. The molecule has 0 radical (unpaired) electrons. The molecule has 7 heteroatoms. The van der Waals surface area contributed by atoms with E-state index in [0.717, 1.165) is 5.56 Å². The second kappa shape index (κ2) is 5.71. The Hall–Kier alpha value is -2.11. The van der Waals surface area contributed by atoms with Crippen molar-refractivity contribution in [2.75, 3.05) is 0 Å². The molecule has 3 rings (SSSR count). The Bertz CT molecular complexity index is 828. The Balaban J connectivity index is 1.89. The molecule has 0 atom stereocenters. The Labute approximate surface area is 129 Å². The summed E-state index contributed by atoms with van der Waals surface area (Å²) < 4.78 is 6.58. The highest BCUT2D eigenvalue weighted by atomic mass is 35.5. The van der Waals surface area contributed by atoms with Crippen molar-refractivity contribution in [2.24, 2.45) is 0 Å². The maximum Gasteiger partial charge on any atom is 0.287 e. The molecule has 0 bridgehead atoms. The molecule has 0 unspecified atom stereocenters. The van der Waals surface area contributed by atoms with Gasteiger partial charge in [0.05, 0.1) is 17.8 Å². The molecule has 0 amide bonds. The van der Waals surface area contributed by atoms with Gasteiger partial charge in [0.15, 0.2) is 0 Å². The van der Waals surface area contributed by atoms with Gasteiger partial charge in [0.1, 0.15) is 17.0 Å². The summed E-state index contributed by atoms with van der Waals surface area (Å²) >= 11 is 11.5. The lowest BCUT2D eigenvalue weighted by atomic mass is 10.2. The first-order valence-corrected chi connectivity index (χ1v) is 6.81. The SMILES string of the molecule is O=c1c(Cl)c(Cl)cnn1Cc1coc(-c2ccccc2)n1. The molecule has 1 aromatic carbocycles. The molecule has 0 spiro atoms. The van der Waals surface area contributed by atoms with Gasteiger partial charge in [-0.25, -0.2) is 9.67 Å². The van der Waals surface area contributed by atoms with Crippen LogP contribution in [0.1, 0.15) is 5.69 Å². The first-order chi connectivity index (χ1) is 10.1. The van der Waals surface area contributed by atoms with Gasteiger partial charge in [0.25, 0.3) is 5.56 Å². The van der Waals surface area contributed by atoms with Gasteiger partial charge in [0.2, 0.25) is 5.89 Å². The lowest BCUT2D eigenvalue weighted by Crippen LogP contribution is -2.23. The number of hydrogen-bond donors (Lipinski definition) is 0. The third kappa shape index (κ3) is 2.84. The molecule has 0 N–H and O–H groups in total. The summed E-state index contributed by atoms with van der Waals surface area (Å²) in [5.74, 6) is 0.485. The summed E-state index contributed by atoms with van der Waals surface area (Å²) in [6.07, 6.45) is 2.81. The van der Waals surface area contributed by atoms with Crippen molar-refractivity contribution in [3.8, 4) is 11.5 Å². The molecule has 0 aliphatic rings. The van der Waals surface area contributed by atoms with Crippen LogP contribution in [0.2, 0.25) is 10.0 Å². The summed E-state index contributed by atoms with van der Waals surface area (Å²) in [5, 5.41) is 3.99. The molecule has 0 aliphatic heterocycles. The van der Waals surface area contributed by atoms with Gasteiger partial charge in [0, 0.05) is 5.56 Å². The Morgan fingerprint density at radius 1 is 1.19 bits per heavy atom. The van der Waals surface area contributed by atoms with E-state index in [0.29, 0.717) is 11.6 Å². The standard InChI is InChI=1S/C14H9Cl2N3O2/c15-11-6-17-19(14(20)12(11)16)7-10-8-21-13(18-10)9-4-2-1-3-5-9/h1-6,8H,7H2. The van der Waals surface area contributed by atoms with E-state index in [-0.39, 0.29) is 16.6 Å². The van der Waals surface area contributed by atoms with Gasteiger partial charge < -0.3 is 4.42 Å². The highest BCUT2D eigenvalue weighted by molar-refractivity contribution is 6.41. The van der Waals surface area contributed by atoms with Crippen molar-refractivity contribution in [1.29, 1.82) is 0 Å². The third-order valence-corrected chi connectivity index (χ3v) is 3.58. The summed E-state index contributed by atoms with van der Waals surface area (Å²) in [5.41, 5.74) is 0.966. The molecule has 106 valence electrons. The van der Waals surface area contributed by atoms with E-state index in [9.17, 15) is 4.79 Å². The molecule has 0 saturated carbocycles. The number of benzene rings is 1. The van der Waals surface area contributed by atoms with E-state index < -0.39 is 5.56 Å². The molecule has 0 fully saturated rings. The molecular weight excluding hydrogens is 313 g/mol. The van der Waals surface area contributed by atoms with Crippen LogP contribution in [0, 0.1) is 0 Å². The second-order valence-electron chi connectivity index (χ2n) is 4.28.